The highest BCUT2D eigenvalue weighted by atomic mass is 32.1. The molecule has 24 heavy (non-hydrogen) atoms. The molecule has 3 rings (SSSR count). The van der Waals surface area contributed by atoms with Gasteiger partial charge in [-0.3, -0.25) is 0 Å². The fourth-order valence-electron chi connectivity index (χ4n) is 3.18. The molecule has 1 aliphatic rings. The van der Waals surface area contributed by atoms with Crippen LogP contribution >= 0.6 is 12.2 Å². The second-order valence-corrected chi connectivity index (χ2v) is 6.74. The Morgan fingerprint density at radius 3 is 2.42 bits per heavy atom. The van der Waals surface area contributed by atoms with Crippen LogP contribution in [0.4, 0.5) is 0 Å². The number of nitrogens with zero attached hydrogens (tertiary/aromatic N) is 2. The molecule has 0 spiro atoms. The van der Waals surface area contributed by atoms with E-state index < -0.39 is 0 Å². The first-order valence-corrected chi connectivity index (χ1v) is 8.97. The van der Waals surface area contributed by atoms with Crippen LogP contribution < -0.4 is 5.32 Å². The van der Waals surface area contributed by atoms with Crippen LogP contribution in [-0.4, -0.2) is 48.1 Å². The Kier molecular flexibility index (Phi) is 5.83. The van der Waals surface area contributed by atoms with Gasteiger partial charge in [-0.05, 0) is 36.8 Å². The zero-order valence-electron chi connectivity index (χ0n) is 14.2. The number of hydrogen-bond acceptors (Lipinski definition) is 2. The minimum atomic E-state index is 0.321. The quantitative estimate of drug-likeness (QED) is 0.863. The Morgan fingerprint density at radius 1 is 1.04 bits per heavy atom. The molecule has 1 aliphatic heterocycles. The van der Waals surface area contributed by atoms with E-state index >= 15 is 0 Å². The molecule has 0 bridgehead atoms. The van der Waals surface area contributed by atoms with E-state index in [0.717, 1.165) is 37.7 Å². The molecule has 2 aromatic carbocycles. The second-order valence-electron chi connectivity index (χ2n) is 6.35. The van der Waals surface area contributed by atoms with E-state index in [0.29, 0.717) is 6.04 Å². The van der Waals surface area contributed by atoms with E-state index in [4.69, 9.17) is 12.2 Å². The van der Waals surface area contributed by atoms with Crippen molar-refractivity contribution in [2.24, 2.45) is 0 Å². The minimum Gasteiger partial charge on any atom is -0.362 e. The van der Waals surface area contributed by atoms with Gasteiger partial charge in [-0.25, -0.2) is 0 Å². The van der Waals surface area contributed by atoms with Gasteiger partial charge in [-0.15, -0.1) is 0 Å². The van der Waals surface area contributed by atoms with Crippen LogP contribution in [0.5, 0.6) is 0 Å². The van der Waals surface area contributed by atoms with Crippen LogP contribution in [0.25, 0.3) is 0 Å². The fraction of sp³-hybridized carbons (Fsp3) is 0.350. The number of thiocarbonyl (C=S) groups is 1. The van der Waals surface area contributed by atoms with Crippen LogP contribution in [0.3, 0.4) is 0 Å². The summed E-state index contributed by atoms with van der Waals surface area (Å²) in [5, 5.41) is 4.32. The number of rotatable bonds is 4. The molecule has 0 saturated carbocycles. The van der Waals surface area contributed by atoms with Crippen LogP contribution in [-0.2, 0) is 6.42 Å². The summed E-state index contributed by atoms with van der Waals surface area (Å²) >= 11 is 5.70. The standard InChI is InChI=1S/C20H25N3S/c1-22-14-15-23(19(16-22)18-10-6-3-7-11-18)20(24)21-13-12-17-8-4-2-5-9-17/h2-11,19H,12-16H2,1H3,(H,21,24)/t19-/m0/s1. The van der Waals surface area contributed by atoms with Crippen molar-refractivity contribution in [2.45, 2.75) is 12.5 Å². The predicted molar refractivity (Wildman–Crippen MR) is 104 cm³/mol. The molecule has 0 unspecified atom stereocenters. The Hall–Kier alpha value is -1.91. The highest BCUT2D eigenvalue weighted by molar-refractivity contribution is 7.80. The molecule has 4 heteroatoms. The molecule has 1 fully saturated rings. The van der Waals surface area contributed by atoms with Gasteiger partial charge in [0.15, 0.2) is 5.11 Å². The maximum Gasteiger partial charge on any atom is 0.169 e. The van der Waals surface area contributed by atoms with Gasteiger partial charge in [-0.2, -0.15) is 0 Å². The lowest BCUT2D eigenvalue weighted by atomic mass is 10.0. The van der Waals surface area contributed by atoms with Crippen molar-refractivity contribution in [3.63, 3.8) is 0 Å². The van der Waals surface area contributed by atoms with Crippen molar-refractivity contribution in [1.29, 1.82) is 0 Å². The Morgan fingerprint density at radius 2 is 1.71 bits per heavy atom. The van der Waals surface area contributed by atoms with Crippen molar-refractivity contribution in [1.82, 2.24) is 15.1 Å². The Bertz CT molecular complexity index is 644. The number of nitrogens with one attached hydrogen (secondary N) is 1. The SMILES string of the molecule is CN1CCN(C(=S)NCCc2ccccc2)[C@H](c2ccccc2)C1. The summed E-state index contributed by atoms with van der Waals surface area (Å²) in [6.45, 7) is 3.89. The Labute approximate surface area is 150 Å². The Balaban J connectivity index is 1.61. The van der Waals surface area contributed by atoms with E-state index in [2.05, 4.69) is 82.8 Å². The summed E-state index contributed by atoms with van der Waals surface area (Å²) < 4.78 is 0. The lowest BCUT2D eigenvalue weighted by Gasteiger charge is -2.41. The van der Waals surface area contributed by atoms with Gasteiger partial charge in [-0.1, -0.05) is 60.7 Å². The van der Waals surface area contributed by atoms with Gasteiger partial charge < -0.3 is 15.1 Å². The first kappa shape index (κ1) is 16.9. The maximum absolute atomic E-state index is 5.70. The molecule has 0 aromatic heterocycles. The van der Waals surface area contributed by atoms with Gasteiger partial charge in [0.05, 0.1) is 6.04 Å². The lowest BCUT2D eigenvalue weighted by Crippen LogP contribution is -2.52. The molecular formula is C20H25N3S. The topological polar surface area (TPSA) is 18.5 Å². The first-order valence-electron chi connectivity index (χ1n) is 8.56. The zero-order chi connectivity index (χ0) is 16.8. The summed E-state index contributed by atoms with van der Waals surface area (Å²) in [5.74, 6) is 0. The molecule has 0 radical (unpaired) electrons. The molecule has 3 nitrogen and oxygen atoms in total. The monoisotopic (exact) mass is 339 g/mol. The highest BCUT2D eigenvalue weighted by Crippen LogP contribution is 2.24. The summed E-state index contributed by atoms with van der Waals surface area (Å²) in [6.07, 6.45) is 0.991. The van der Waals surface area contributed by atoms with E-state index in [1.165, 1.54) is 11.1 Å². The van der Waals surface area contributed by atoms with Gasteiger partial charge in [0.2, 0.25) is 0 Å². The van der Waals surface area contributed by atoms with Crippen molar-refractivity contribution < 1.29 is 0 Å². The third-order valence-electron chi connectivity index (χ3n) is 4.56. The molecule has 126 valence electrons. The summed E-state index contributed by atoms with van der Waals surface area (Å²) in [6, 6.07) is 21.5. The molecule has 2 aromatic rings. The van der Waals surface area contributed by atoms with Crippen LogP contribution in [0.2, 0.25) is 0 Å². The number of piperazine rings is 1. The van der Waals surface area contributed by atoms with E-state index in [1.54, 1.807) is 0 Å². The van der Waals surface area contributed by atoms with Crippen molar-refractivity contribution in [3.05, 3.63) is 71.8 Å². The number of likely N-dealkylation sites (N-methyl/N-ethyl adjacent to an activating group) is 1. The van der Waals surface area contributed by atoms with E-state index in [1.807, 2.05) is 0 Å². The average molecular weight is 340 g/mol. The average Bonchev–Trinajstić information content (AvgIpc) is 2.63. The molecule has 0 amide bonds. The molecule has 1 heterocycles. The fourth-order valence-corrected chi connectivity index (χ4v) is 3.50. The second kappa shape index (κ2) is 8.27. The van der Waals surface area contributed by atoms with Crippen LogP contribution in [0.1, 0.15) is 17.2 Å². The summed E-state index contributed by atoms with van der Waals surface area (Å²) in [4.78, 5) is 4.72. The zero-order valence-corrected chi connectivity index (χ0v) is 15.0. The largest absolute Gasteiger partial charge is 0.362 e. The minimum absolute atomic E-state index is 0.321. The molecule has 0 aliphatic carbocycles. The van der Waals surface area contributed by atoms with E-state index in [-0.39, 0.29) is 0 Å². The molecule has 1 N–H and O–H groups in total. The molecular weight excluding hydrogens is 314 g/mol. The van der Waals surface area contributed by atoms with Gasteiger partial charge >= 0.3 is 0 Å². The third-order valence-corrected chi connectivity index (χ3v) is 4.94. The van der Waals surface area contributed by atoms with Crippen LogP contribution in [0.15, 0.2) is 60.7 Å². The first-order chi connectivity index (χ1) is 11.7. The highest BCUT2D eigenvalue weighted by Gasteiger charge is 2.28. The van der Waals surface area contributed by atoms with E-state index in [9.17, 15) is 0 Å². The summed E-state index contributed by atoms with van der Waals surface area (Å²) in [5.41, 5.74) is 2.67. The third kappa shape index (κ3) is 4.34. The van der Waals surface area contributed by atoms with Crippen LogP contribution in [0, 0.1) is 0 Å². The van der Waals surface area contributed by atoms with Gasteiger partial charge in [0.25, 0.3) is 0 Å². The smallest absolute Gasteiger partial charge is 0.169 e. The van der Waals surface area contributed by atoms with Crippen molar-refractivity contribution >= 4 is 17.3 Å². The molecule has 1 atom stereocenters. The molecule has 1 saturated heterocycles. The normalized spacial score (nSPS) is 18.4. The number of hydrogen-bond donors (Lipinski definition) is 1. The van der Waals surface area contributed by atoms with Crippen molar-refractivity contribution in [2.75, 3.05) is 33.2 Å². The number of benzene rings is 2. The predicted octanol–water partition coefficient (Wildman–Crippen LogP) is 3.09. The van der Waals surface area contributed by atoms with Crippen molar-refractivity contribution in [3.8, 4) is 0 Å². The van der Waals surface area contributed by atoms with Gasteiger partial charge in [0, 0.05) is 26.2 Å². The van der Waals surface area contributed by atoms with Gasteiger partial charge in [0.1, 0.15) is 0 Å². The maximum atomic E-state index is 5.70. The lowest BCUT2D eigenvalue weighted by molar-refractivity contribution is 0.150. The summed E-state index contributed by atoms with van der Waals surface area (Å²) in [7, 11) is 2.18.